The predicted octanol–water partition coefficient (Wildman–Crippen LogP) is 5.04. The fourth-order valence-corrected chi connectivity index (χ4v) is 4.62. The molecule has 0 spiro atoms. The number of aryl methyl sites for hydroxylation is 1. The lowest BCUT2D eigenvalue weighted by Crippen LogP contribution is -2.39. The Morgan fingerprint density at radius 3 is 2.35 bits per heavy atom. The Labute approximate surface area is 194 Å². The fraction of sp³-hybridized carbons (Fsp3) is 0.400. The molecule has 1 heterocycles. The highest BCUT2D eigenvalue weighted by Gasteiger charge is 2.30. The Morgan fingerprint density at radius 1 is 1.09 bits per heavy atom. The number of hydrogen-bond acceptors (Lipinski definition) is 3. The second-order valence-corrected chi connectivity index (χ2v) is 8.71. The molecule has 9 heteroatoms. The van der Waals surface area contributed by atoms with Gasteiger partial charge in [-0.3, -0.25) is 14.3 Å². The molecule has 1 aliphatic carbocycles. The van der Waals surface area contributed by atoms with E-state index in [1.54, 1.807) is 4.68 Å². The van der Waals surface area contributed by atoms with Gasteiger partial charge in [-0.25, -0.2) is 0 Å². The van der Waals surface area contributed by atoms with E-state index in [1.807, 2.05) is 25.1 Å². The second kappa shape index (κ2) is 9.48. The minimum absolute atomic E-state index is 0.119. The van der Waals surface area contributed by atoms with Crippen molar-refractivity contribution in [2.75, 3.05) is 0 Å². The molecular weight excluding hydrogens is 447 g/mol. The number of halogens is 3. The Hall–Kier alpha value is -3.36. The minimum Gasteiger partial charge on any atom is -0.481 e. The third-order valence-electron chi connectivity index (χ3n) is 6.47. The monoisotopic (exact) mass is 473 g/mol. The van der Waals surface area contributed by atoms with Crippen LogP contribution in [-0.4, -0.2) is 32.8 Å². The van der Waals surface area contributed by atoms with Crippen LogP contribution in [0, 0.1) is 5.92 Å². The normalized spacial score (nSPS) is 18.7. The maximum atomic E-state index is 13.2. The molecule has 0 bridgehead atoms. The average Bonchev–Trinajstić information content (AvgIpc) is 3.19. The molecule has 0 radical (unpaired) electrons. The number of nitrogens with zero attached hydrogens (tertiary/aromatic N) is 2. The molecule has 34 heavy (non-hydrogen) atoms. The number of amides is 1. The summed E-state index contributed by atoms with van der Waals surface area (Å²) in [6.07, 6.45) is -1.82. The molecular formula is C25H26F3N3O3. The molecule has 180 valence electrons. The van der Waals surface area contributed by atoms with Crippen LogP contribution in [-0.2, 0) is 23.9 Å². The predicted molar refractivity (Wildman–Crippen MR) is 121 cm³/mol. The van der Waals surface area contributed by atoms with E-state index in [4.69, 9.17) is 0 Å². The summed E-state index contributed by atoms with van der Waals surface area (Å²) in [4.78, 5) is 24.4. The van der Waals surface area contributed by atoms with Crippen molar-refractivity contribution in [3.05, 3.63) is 64.8 Å². The molecule has 4 rings (SSSR count). The van der Waals surface area contributed by atoms with E-state index in [0.29, 0.717) is 49.6 Å². The number of carbonyl (C=O) groups excluding carboxylic acids is 1. The zero-order valence-corrected chi connectivity index (χ0v) is 18.7. The Balaban J connectivity index is 1.60. The molecule has 1 fully saturated rings. The molecule has 0 aliphatic heterocycles. The number of rotatable bonds is 6. The molecule has 1 amide bonds. The van der Waals surface area contributed by atoms with Crippen LogP contribution < -0.4 is 5.32 Å². The highest BCUT2D eigenvalue weighted by Crippen LogP contribution is 2.31. The number of nitrogens with one attached hydrogen (secondary N) is 1. The summed E-state index contributed by atoms with van der Waals surface area (Å²) in [5, 5.41) is 17.4. The van der Waals surface area contributed by atoms with Crippen LogP contribution in [0.4, 0.5) is 13.2 Å². The van der Waals surface area contributed by atoms with Crippen LogP contribution in [0.1, 0.15) is 59.8 Å². The molecule has 0 unspecified atom stereocenters. The number of benzene rings is 2. The third kappa shape index (κ3) is 4.93. The van der Waals surface area contributed by atoms with Gasteiger partial charge in [0.05, 0.1) is 17.0 Å². The van der Waals surface area contributed by atoms with Crippen molar-refractivity contribution < 1.29 is 27.9 Å². The third-order valence-corrected chi connectivity index (χ3v) is 6.47. The molecule has 6 nitrogen and oxygen atoms in total. The second-order valence-electron chi connectivity index (χ2n) is 8.71. The summed E-state index contributed by atoms with van der Waals surface area (Å²) >= 11 is 0. The van der Waals surface area contributed by atoms with Gasteiger partial charge >= 0.3 is 12.1 Å². The maximum Gasteiger partial charge on any atom is 0.416 e. The summed E-state index contributed by atoms with van der Waals surface area (Å²) in [5.74, 6) is -1.50. The average molecular weight is 473 g/mol. The molecule has 1 aliphatic rings. The van der Waals surface area contributed by atoms with Crippen LogP contribution in [0.25, 0.3) is 10.9 Å². The van der Waals surface area contributed by atoms with Gasteiger partial charge in [-0.05, 0) is 68.4 Å². The lowest BCUT2D eigenvalue weighted by molar-refractivity contribution is -0.143. The maximum absolute atomic E-state index is 13.2. The van der Waals surface area contributed by atoms with Crippen molar-refractivity contribution in [3.8, 4) is 0 Å². The Morgan fingerprint density at radius 2 is 1.76 bits per heavy atom. The van der Waals surface area contributed by atoms with Gasteiger partial charge in [0, 0.05) is 18.0 Å². The number of aliphatic carboxylic acids is 1. The Bertz CT molecular complexity index is 1190. The molecule has 1 aromatic heterocycles. The first kappa shape index (κ1) is 23.8. The van der Waals surface area contributed by atoms with Crippen molar-refractivity contribution in [1.29, 1.82) is 0 Å². The smallest absolute Gasteiger partial charge is 0.416 e. The topological polar surface area (TPSA) is 84.2 Å². The van der Waals surface area contributed by atoms with Crippen LogP contribution in [0.3, 0.4) is 0 Å². The zero-order chi connectivity index (χ0) is 24.5. The van der Waals surface area contributed by atoms with Gasteiger partial charge < -0.3 is 10.4 Å². The summed E-state index contributed by atoms with van der Waals surface area (Å²) in [5.41, 5.74) is 1.86. The van der Waals surface area contributed by atoms with Gasteiger partial charge in [0.15, 0.2) is 5.69 Å². The van der Waals surface area contributed by atoms with Gasteiger partial charge in [0.2, 0.25) is 0 Å². The number of aromatic nitrogens is 2. The van der Waals surface area contributed by atoms with Crippen LogP contribution >= 0.6 is 0 Å². The van der Waals surface area contributed by atoms with E-state index >= 15 is 0 Å². The SMILES string of the molecule is CCn1nc(C(=O)NC2CCC(C(=O)O)CC2)c2c(Cc3ccc(C(F)(F)F)cc3)cccc21. The van der Waals surface area contributed by atoms with E-state index in [-0.39, 0.29) is 23.6 Å². The van der Waals surface area contributed by atoms with Crippen molar-refractivity contribution in [2.45, 2.75) is 57.8 Å². The number of alkyl halides is 3. The lowest BCUT2D eigenvalue weighted by Gasteiger charge is -2.26. The molecule has 3 aromatic rings. The van der Waals surface area contributed by atoms with Crippen LogP contribution in [0.2, 0.25) is 0 Å². The first-order chi connectivity index (χ1) is 16.2. The van der Waals surface area contributed by atoms with Gasteiger partial charge in [-0.2, -0.15) is 18.3 Å². The van der Waals surface area contributed by atoms with Gasteiger partial charge in [0.25, 0.3) is 5.91 Å². The molecule has 2 N–H and O–H groups in total. The summed E-state index contributed by atoms with van der Waals surface area (Å²) < 4.78 is 40.5. The van der Waals surface area contributed by atoms with Gasteiger partial charge in [-0.15, -0.1) is 0 Å². The number of carbonyl (C=O) groups is 2. The van der Waals surface area contributed by atoms with Gasteiger partial charge in [-0.1, -0.05) is 24.3 Å². The van der Waals surface area contributed by atoms with Crippen molar-refractivity contribution in [2.24, 2.45) is 5.92 Å². The van der Waals surface area contributed by atoms with Crippen LogP contribution in [0.5, 0.6) is 0 Å². The number of carboxylic acid groups (broad SMARTS) is 1. The molecule has 2 aromatic carbocycles. The van der Waals surface area contributed by atoms with E-state index in [9.17, 15) is 27.9 Å². The standard InChI is InChI=1S/C25H26F3N3O3/c1-2-31-20-5-3-4-17(14-15-6-10-18(11-7-15)25(26,27)28)21(20)22(30-31)23(32)29-19-12-8-16(9-13-19)24(33)34/h3-7,10-11,16,19H,2,8-9,12-14H2,1H3,(H,29,32)(H,33,34). The summed E-state index contributed by atoms with van der Waals surface area (Å²) in [6, 6.07) is 10.5. The van der Waals surface area contributed by atoms with Crippen molar-refractivity contribution in [3.63, 3.8) is 0 Å². The van der Waals surface area contributed by atoms with E-state index in [2.05, 4.69) is 10.4 Å². The fourth-order valence-electron chi connectivity index (χ4n) is 4.62. The largest absolute Gasteiger partial charge is 0.481 e. The zero-order valence-electron chi connectivity index (χ0n) is 18.7. The summed E-state index contributed by atoms with van der Waals surface area (Å²) in [6.45, 7) is 2.47. The molecule has 0 atom stereocenters. The quantitative estimate of drug-likeness (QED) is 0.526. The first-order valence-corrected chi connectivity index (χ1v) is 11.4. The van der Waals surface area contributed by atoms with Crippen molar-refractivity contribution in [1.82, 2.24) is 15.1 Å². The molecule has 1 saturated carbocycles. The minimum atomic E-state index is -4.39. The van der Waals surface area contributed by atoms with E-state index in [1.165, 1.54) is 12.1 Å². The highest BCUT2D eigenvalue weighted by atomic mass is 19.4. The van der Waals surface area contributed by atoms with E-state index in [0.717, 1.165) is 23.2 Å². The van der Waals surface area contributed by atoms with Crippen LogP contribution in [0.15, 0.2) is 42.5 Å². The summed E-state index contributed by atoms with van der Waals surface area (Å²) in [7, 11) is 0. The highest BCUT2D eigenvalue weighted by molar-refractivity contribution is 6.06. The van der Waals surface area contributed by atoms with E-state index < -0.39 is 17.7 Å². The number of carboxylic acids is 1. The first-order valence-electron chi connectivity index (χ1n) is 11.4. The number of hydrogen-bond donors (Lipinski definition) is 2. The Kier molecular flexibility index (Phi) is 6.63. The molecule has 0 saturated heterocycles. The number of fused-ring (bicyclic) bond motifs is 1. The van der Waals surface area contributed by atoms with Gasteiger partial charge in [0.1, 0.15) is 0 Å². The van der Waals surface area contributed by atoms with Crippen molar-refractivity contribution >= 4 is 22.8 Å². The lowest BCUT2D eigenvalue weighted by atomic mass is 9.86.